The average Bonchev–Trinajstić information content (AvgIpc) is 2.77. The molecule has 3 N–H and O–H groups in total. The maximum Gasteiger partial charge on any atom is 0.0510 e. The van der Waals surface area contributed by atoms with Gasteiger partial charge < -0.3 is 4.74 Å². The lowest BCUT2D eigenvalue weighted by Crippen LogP contribution is -2.41. The topological polar surface area (TPSA) is 47.3 Å². The predicted octanol–water partition coefficient (Wildman–Crippen LogP) is 2.22. The zero-order valence-corrected chi connectivity index (χ0v) is 10.0. The maximum absolute atomic E-state index is 5.59. The van der Waals surface area contributed by atoms with Gasteiger partial charge in [0.05, 0.1) is 6.61 Å². The van der Waals surface area contributed by atoms with Crippen molar-refractivity contribution in [2.24, 2.45) is 11.8 Å². The van der Waals surface area contributed by atoms with Crippen molar-refractivity contribution in [2.75, 3.05) is 13.2 Å². The molecule has 0 aromatic carbocycles. The van der Waals surface area contributed by atoms with E-state index in [0.29, 0.717) is 12.0 Å². The van der Waals surface area contributed by atoms with Gasteiger partial charge in [-0.1, -0.05) is 39.0 Å². The van der Waals surface area contributed by atoms with Gasteiger partial charge in [0.15, 0.2) is 0 Å². The Kier molecular flexibility index (Phi) is 6.98. The monoisotopic (exact) mass is 214 g/mol. The number of nitrogens with two attached hydrogens (primary N) is 1. The Bertz CT molecular complexity index is 147. The summed E-state index contributed by atoms with van der Waals surface area (Å²) in [4.78, 5) is 0. The summed E-state index contributed by atoms with van der Waals surface area (Å²) in [6.45, 7) is 4.06. The number of nitrogens with one attached hydrogen (secondary N) is 1. The summed E-state index contributed by atoms with van der Waals surface area (Å²) in [5.41, 5.74) is 2.95. The molecular formula is C12H26N2O. The van der Waals surface area contributed by atoms with Crippen molar-refractivity contribution in [2.45, 2.75) is 57.9 Å². The minimum atomic E-state index is 0.467. The van der Waals surface area contributed by atoms with Crippen molar-refractivity contribution in [3.63, 3.8) is 0 Å². The van der Waals surface area contributed by atoms with E-state index < -0.39 is 0 Å². The molecule has 1 aliphatic heterocycles. The molecule has 0 radical (unpaired) electrons. The standard InChI is InChI=1S/C12H26N2O/c1-2-3-4-5-6-7-12(14-13)11-8-9-15-10-11/h11-12,14H,2-10,13H2,1H3. The number of hydrogen-bond acceptors (Lipinski definition) is 3. The summed E-state index contributed by atoms with van der Waals surface area (Å²) in [7, 11) is 0. The molecule has 0 saturated carbocycles. The van der Waals surface area contributed by atoms with Crippen LogP contribution in [0, 0.1) is 5.92 Å². The van der Waals surface area contributed by atoms with E-state index in [9.17, 15) is 0 Å². The van der Waals surface area contributed by atoms with Crippen LogP contribution < -0.4 is 11.3 Å². The van der Waals surface area contributed by atoms with Gasteiger partial charge in [-0.2, -0.15) is 0 Å². The van der Waals surface area contributed by atoms with Crippen LogP contribution in [0.2, 0.25) is 0 Å². The number of ether oxygens (including phenoxy) is 1. The molecular weight excluding hydrogens is 188 g/mol. The van der Waals surface area contributed by atoms with E-state index in [2.05, 4.69) is 12.3 Å². The summed E-state index contributed by atoms with van der Waals surface area (Å²) in [5, 5.41) is 0. The van der Waals surface area contributed by atoms with Gasteiger partial charge in [0.2, 0.25) is 0 Å². The molecule has 1 rings (SSSR count). The van der Waals surface area contributed by atoms with Crippen LogP contribution >= 0.6 is 0 Å². The highest BCUT2D eigenvalue weighted by molar-refractivity contribution is 4.77. The Morgan fingerprint density at radius 2 is 2.13 bits per heavy atom. The highest BCUT2D eigenvalue weighted by Gasteiger charge is 2.24. The highest BCUT2D eigenvalue weighted by atomic mass is 16.5. The molecule has 1 aliphatic rings. The number of rotatable bonds is 8. The molecule has 1 heterocycles. The molecule has 0 bridgehead atoms. The predicted molar refractivity (Wildman–Crippen MR) is 63.4 cm³/mol. The molecule has 0 amide bonds. The molecule has 90 valence electrons. The van der Waals surface area contributed by atoms with Crippen molar-refractivity contribution in [3.8, 4) is 0 Å². The third kappa shape index (κ3) is 4.96. The first kappa shape index (κ1) is 12.9. The van der Waals surface area contributed by atoms with Crippen molar-refractivity contribution in [1.29, 1.82) is 0 Å². The molecule has 15 heavy (non-hydrogen) atoms. The smallest absolute Gasteiger partial charge is 0.0510 e. The Balaban J connectivity index is 2.05. The second-order valence-corrected chi connectivity index (χ2v) is 4.60. The Morgan fingerprint density at radius 1 is 1.33 bits per heavy atom. The van der Waals surface area contributed by atoms with Crippen LogP contribution in [-0.4, -0.2) is 19.3 Å². The van der Waals surface area contributed by atoms with Crippen LogP contribution in [0.4, 0.5) is 0 Å². The quantitative estimate of drug-likeness (QED) is 0.370. The SMILES string of the molecule is CCCCCCCC(NN)C1CCOC1. The van der Waals surface area contributed by atoms with Crippen LogP contribution in [0.25, 0.3) is 0 Å². The maximum atomic E-state index is 5.59. The lowest BCUT2D eigenvalue weighted by molar-refractivity contribution is 0.174. The van der Waals surface area contributed by atoms with Crippen LogP contribution in [0.1, 0.15) is 51.9 Å². The number of hydrogen-bond donors (Lipinski definition) is 2. The number of hydrazine groups is 1. The van der Waals surface area contributed by atoms with E-state index >= 15 is 0 Å². The van der Waals surface area contributed by atoms with Crippen molar-refractivity contribution >= 4 is 0 Å². The summed E-state index contributed by atoms with van der Waals surface area (Å²) >= 11 is 0. The first-order chi connectivity index (χ1) is 7.38. The fourth-order valence-corrected chi connectivity index (χ4v) is 2.29. The van der Waals surface area contributed by atoms with Crippen molar-refractivity contribution in [3.05, 3.63) is 0 Å². The summed E-state index contributed by atoms with van der Waals surface area (Å²) in [6, 6.07) is 0.467. The third-order valence-electron chi connectivity index (χ3n) is 3.37. The van der Waals surface area contributed by atoms with Gasteiger partial charge in [-0.05, 0) is 12.8 Å². The molecule has 3 nitrogen and oxygen atoms in total. The van der Waals surface area contributed by atoms with Crippen LogP contribution in [0.15, 0.2) is 0 Å². The van der Waals surface area contributed by atoms with Gasteiger partial charge in [0, 0.05) is 18.6 Å². The summed E-state index contributed by atoms with van der Waals surface area (Å²) in [5.74, 6) is 6.23. The molecule has 2 unspecified atom stereocenters. The Hall–Kier alpha value is -0.120. The van der Waals surface area contributed by atoms with Gasteiger partial charge in [-0.3, -0.25) is 11.3 Å². The summed E-state index contributed by atoms with van der Waals surface area (Å²) < 4.78 is 5.39. The van der Waals surface area contributed by atoms with E-state index in [0.717, 1.165) is 13.2 Å². The lowest BCUT2D eigenvalue weighted by atomic mass is 9.94. The largest absolute Gasteiger partial charge is 0.381 e. The average molecular weight is 214 g/mol. The minimum absolute atomic E-state index is 0.467. The minimum Gasteiger partial charge on any atom is -0.381 e. The first-order valence-electron chi connectivity index (χ1n) is 6.42. The van der Waals surface area contributed by atoms with Crippen LogP contribution in [-0.2, 0) is 4.74 Å². The molecule has 0 spiro atoms. The van der Waals surface area contributed by atoms with Crippen LogP contribution in [0.3, 0.4) is 0 Å². The molecule has 0 aromatic rings. The van der Waals surface area contributed by atoms with Gasteiger partial charge in [0.25, 0.3) is 0 Å². The molecule has 0 aliphatic carbocycles. The van der Waals surface area contributed by atoms with Gasteiger partial charge >= 0.3 is 0 Å². The zero-order chi connectivity index (χ0) is 10.9. The molecule has 3 heteroatoms. The molecule has 1 fully saturated rings. The van der Waals surface area contributed by atoms with Crippen molar-refractivity contribution in [1.82, 2.24) is 5.43 Å². The van der Waals surface area contributed by atoms with Crippen LogP contribution in [0.5, 0.6) is 0 Å². The zero-order valence-electron chi connectivity index (χ0n) is 10.0. The normalized spacial score (nSPS) is 23.2. The van der Waals surface area contributed by atoms with Gasteiger partial charge in [0.1, 0.15) is 0 Å². The van der Waals surface area contributed by atoms with E-state index in [1.807, 2.05) is 0 Å². The van der Waals surface area contributed by atoms with Crippen molar-refractivity contribution < 1.29 is 4.74 Å². The third-order valence-corrected chi connectivity index (χ3v) is 3.37. The van der Waals surface area contributed by atoms with E-state index in [1.54, 1.807) is 0 Å². The van der Waals surface area contributed by atoms with E-state index in [1.165, 1.54) is 44.9 Å². The highest BCUT2D eigenvalue weighted by Crippen LogP contribution is 2.20. The second-order valence-electron chi connectivity index (χ2n) is 4.60. The van der Waals surface area contributed by atoms with E-state index in [4.69, 9.17) is 10.6 Å². The molecule has 1 saturated heterocycles. The molecule has 2 atom stereocenters. The lowest BCUT2D eigenvalue weighted by Gasteiger charge is -2.21. The summed E-state index contributed by atoms with van der Waals surface area (Å²) in [6.07, 6.45) is 9.07. The fraction of sp³-hybridized carbons (Fsp3) is 1.00. The Morgan fingerprint density at radius 3 is 2.73 bits per heavy atom. The second kappa shape index (κ2) is 8.08. The first-order valence-corrected chi connectivity index (χ1v) is 6.42. The Labute approximate surface area is 93.7 Å². The van der Waals surface area contributed by atoms with E-state index in [-0.39, 0.29) is 0 Å². The van der Waals surface area contributed by atoms with Gasteiger partial charge in [-0.15, -0.1) is 0 Å². The number of unbranched alkanes of at least 4 members (excludes halogenated alkanes) is 4. The van der Waals surface area contributed by atoms with Gasteiger partial charge in [-0.25, -0.2) is 0 Å². The molecule has 0 aromatic heterocycles. The fourth-order valence-electron chi connectivity index (χ4n) is 2.29.